The fraction of sp³-hybridized carbons (Fsp3) is 0.389. The normalized spacial score (nSPS) is 14.2. The minimum atomic E-state index is -0.201. The van der Waals surface area contributed by atoms with Crippen molar-refractivity contribution in [2.24, 2.45) is 0 Å². The Morgan fingerprint density at radius 2 is 2.14 bits per heavy atom. The summed E-state index contributed by atoms with van der Waals surface area (Å²) in [6, 6.07) is 5.72. The van der Waals surface area contributed by atoms with Gasteiger partial charge in [-0.1, -0.05) is 29.4 Å². The highest BCUT2D eigenvalue weighted by molar-refractivity contribution is 7.99. The average molecular weight is 433 g/mol. The van der Waals surface area contributed by atoms with Crippen molar-refractivity contribution in [3.8, 4) is 5.69 Å². The summed E-state index contributed by atoms with van der Waals surface area (Å²) in [6.07, 6.45) is 5.11. The molecule has 1 fully saturated rings. The summed E-state index contributed by atoms with van der Waals surface area (Å²) in [4.78, 5) is 18.8. The molecule has 29 heavy (non-hydrogen) atoms. The maximum Gasteiger partial charge on any atom is 0.246 e. The van der Waals surface area contributed by atoms with E-state index in [1.54, 1.807) is 10.9 Å². The number of aromatic amines is 1. The van der Waals surface area contributed by atoms with Gasteiger partial charge >= 0.3 is 0 Å². The molecule has 2 N–H and O–H groups in total. The van der Waals surface area contributed by atoms with Gasteiger partial charge in [-0.2, -0.15) is 4.98 Å². The fourth-order valence-corrected chi connectivity index (χ4v) is 3.98. The van der Waals surface area contributed by atoms with E-state index >= 15 is 0 Å². The molecule has 4 rings (SSSR count). The van der Waals surface area contributed by atoms with Crippen LogP contribution in [0.5, 0.6) is 0 Å². The van der Waals surface area contributed by atoms with E-state index in [0.717, 1.165) is 37.2 Å². The van der Waals surface area contributed by atoms with Gasteiger partial charge in [0, 0.05) is 18.1 Å². The molecule has 3 aromatic rings. The second-order valence-corrected chi connectivity index (χ2v) is 8.14. The minimum absolute atomic E-state index is 0.165. The van der Waals surface area contributed by atoms with Crippen LogP contribution in [0.25, 0.3) is 5.69 Å². The van der Waals surface area contributed by atoms with Crippen molar-refractivity contribution >= 4 is 41.2 Å². The van der Waals surface area contributed by atoms with Crippen LogP contribution in [0.3, 0.4) is 0 Å². The number of hydrogen-bond donors (Lipinski definition) is 2. The second kappa shape index (κ2) is 8.83. The topological polar surface area (TPSA) is 105 Å². The highest BCUT2D eigenvalue weighted by atomic mass is 35.5. The number of amides is 1. The molecule has 152 valence electrons. The maximum absolute atomic E-state index is 12.3. The quantitative estimate of drug-likeness (QED) is 0.576. The number of hydrogen-bond acceptors (Lipinski definition) is 7. The first-order valence-electron chi connectivity index (χ1n) is 9.37. The van der Waals surface area contributed by atoms with Crippen molar-refractivity contribution in [1.82, 2.24) is 29.9 Å². The van der Waals surface area contributed by atoms with Gasteiger partial charge in [0.15, 0.2) is 5.16 Å². The summed E-state index contributed by atoms with van der Waals surface area (Å²) in [5, 5.41) is 19.1. The lowest BCUT2D eigenvalue weighted by Crippen LogP contribution is -2.30. The van der Waals surface area contributed by atoms with Crippen LogP contribution in [0, 0.1) is 6.92 Å². The monoisotopic (exact) mass is 432 g/mol. The largest absolute Gasteiger partial charge is 0.340 e. The van der Waals surface area contributed by atoms with Crippen molar-refractivity contribution in [1.29, 1.82) is 0 Å². The Morgan fingerprint density at radius 3 is 2.93 bits per heavy atom. The van der Waals surface area contributed by atoms with E-state index in [1.165, 1.54) is 18.2 Å². The standard InChI is InChI=1S/C18H21ClN8OS/c1-12-5-6-13(9-14(12)19)27-11-20-25-18(27)29-10-15(28)21-16-22-17(24-23-16)26-7-3-2-4-8-26/h5-6,9,11H,2-4,7-8,10H2,1H3,(H2,21,22,23,24,28). The van der Waals surface area contributed by atoms with Gasteiger partial charge in [-0.3, -0.25) is 14.7 Å². The lowest BCUT2D eigenvalue weighted by atomic mass is 10.1. The number of benzene rings is 1. The van der Waals surface area contributed by atoms with Crippen LogP contribution >= 0.6 is 23.4 Å². The molecule has 0 saturated carbocycles. The third-order valence-corrected chi connectivity index (χ3v) is 6.00. The molecule has 0 bridgehead atoms. The zero-order valence-electron chi connectivity index (χ0n) is 15.9. The van der Waals surface area contributed by atoms with Gasteiger partial charge in [-0.05, 0) is 43.9 Å². The Labute approximate surface area is 177 Å². The van der Waals surface area contributed by atoms with E-state index in [2.05, 4.69) is 35.6 Å². The van der Waals surface area contributed by atoms with Crippen LogP contribution in [0.1, 0.15) is 24.8 Å². The number of thioether (sulfide) groups is 1. The molecule has 0 atom stereocenters. The number of H-pyrrole nitrogens is 1. The number of carbonyl (C=O) groups excluding carboxylic acids is 1. The molecular formula is C18H21ClN8OS. The maximum atomic E-state index is 12.3. The molecular weight excluding hydrogens is 412 g/mol. The third kappa shape index (κ3) is 4.70. The SMILES string of the molecule is Cc1ccc(-n2cnnc2SCC(=O)Nc2nc(N3CCCCC3)n[nH]2)cc1Cl. The average Bonchev–Trinajstić information content (AvgIpc) is 3.39. The van der Waals surface area contributed by atoms with Crippen molar-refractivity contribution in [3.63, 3.8) is 0 Å². The first kappa shape index (κ1) is 19.7. The van der Waals surface area contributed by atoms with E-state index in [4.69, 9.17) is 11.6 Å². The Kier molecular flexibility index (Phi) is 6.00. The van der Waals surface area contributed by atoms with E-state index in [9.17, 15) is 4.79 Å². The molecule has 1 aromatic carbocycles. The van der Waals surface area contributed by atoms with Crippen molar-refractivity contribution in [3.05, 3.63) is 35.1 Å². The second-order valence-electron chi connectivity index (χ2n) is 6.79. The van der Waals surface area contributed by atoms with Gasteiger partial charge in [-0.25, -0.2) is 5.10 Å². The summed E-state index contributed by atoms with van der Waals surface area (Å²) < 4.78 is 1.80. The number of nitrogens with zero attached hydrogens (tertiary/aromatic N) is 6. The Bertz CT molecular complexity index is 997. The van der Waals surface area contributed by atoms with Crippen LogP contribution in [0.2, 0.25) is 5.02 Å². The van der Waals surface area contributed by atoms with Crippen LogP contribution < -0.4 is 10.2 Å². The number of aromatic nitrogens is 6. The van der Waals surface area contributed by atoms with E-state index < -0.39 is 0 Å². The minimum Gasteiger partial charge on any atom is -0.340 e. The van der Waals surface area contributed by atoms with Crippen molar-refractivity contribution in [2.45, 2.75) is 31.3 Å². The van der Waals surface area contributed by atoms with Gasteiger partial charge in [0.05, 0.1) is 11.4 Å². The molecule has 9 nitrogen and oxygen atoms in total. The number of anilines is 2. The first-order chi connectivity index (χ1) is 14.1. The lowest BCUT2D eigenvalue weighted by molar-refractivity contribution is -0.113. The smallest absolute Gasteiger partial charge is 0.246 e. The highest BCUT2D eigenvalue weighted by Crippen LogP contribution is 2.24. The predicted octanol–water partition coefficient (Wildman–Crippen LogP) is 3.07. The summed E-state index contributed by atoms with van der Waals surface area (Å²) in [6.45, 7) is 3.83. The molecule has 0 unspecified atom stereocenters. The molecule has 1 aliphatic rings. The Hall–Kier alpha value is -2.59. The summed E-state index contributed by atoms with van der Waals surface area (Å²) in [5.74, 6) is 0.942. The molecule has 1 amide bonds. The number of aryl methyl sites for hydroxylation is 1. The first-order valence-corrected chi connectivity index (χ1v) is 10.7. The highest BCUT2D eigenvalue weighted by Gasteiger charge is 2.17. The van der Waals surface area contributed by atoms with Gasteiger partial charge in [0.1, 0.15) is 6.33 Å². The molecule has 11 heteroatoms. The van der Waals surface area contributed by atoms with Crippen LogP contribution in [0.15, 0.2) is 29.7 Å². The predicted molar refractivity (Wildman–Crippen MR) is 113 cm³/mol. The number of rotatable bonds is 6. The number of piperidine rings is 1. The number of halogens is 1. The molecule has 1 saturated heterocycles. The van der Waals surface area contributed by atoms with Crippen LogP contribution in [-0.2, 0) is 4.79 Å². The summed E-state index contributed by atoms with van der Waals surface area (Å²) >= 11 is 7.50. The van der Waals surface area contributed by atoms with Gasteiger partial charge in [0.2, 0.25) is 17.8 Å². The fourth-order valence-electron chi connectivity index (χ4n) is 3.07. The Morgan fingerprint density at radius 1 is 1.31 bits per heavy atom. The molecule has 0 radical (unpaired) electrons. The molecule has 0 aliphatic carbocycles. The molecule has 3 heterocycles. The zero-order chi connectivity index (χ0) is 20.2. The van der Waals surface area contributed by atoms with E-state index in [-0.39, 0.29) is 11.7 Å². The molecule has 1 aliphatic heterocycles. The molecule has 0 spiro atoms. The summed E-state index contributed by atoms with van der Waals surface area (Å²) in [7, 11) is 0. The molecule has 2 aromatic heterocycles. The van der Waals surface area contributed by atoms with Gasteiger partial charge in [-0.15, -0.1) is 15.3 Å². The van der Waals surface area contributed by atoms with Crippen molar-refractivity contribution < 1.29 is 4.79 Å². The van der Waals surface area contributed by atoms with Crippen molar-refractivity contribution in [2.75, 3.05) is 29.1 Å². The zero-order valence-corrected chi connectivity index (χ0v) is 17.5. The Balaban J connectivity index is 1.35. The third-order valence-electron chi connectivity index (χ3n) is 4.65. The summed E-state index contributed by atoms with van der Waals surface area (Å²) in [5.41, 5.74) is 1.84. The van der Waals surface area contributed by atoms with Crippen LogP contribution in [0.4, 0.5) is 11.9 Å². The van der Waals surface area contributed by atoms with Gasteiger partial charge in [0.25, 0.3) is 0 Å². The number of nitrogens with one attached hydrogen (secondary N) is 2. The lowest BCUT2D eigenvalue weighted by Gasteiger charge is -2.24. The van der Waals surface area contributed by atoms with E-state index in [1.807, 2.05) is 25.1 Å². The van der Waals surface area contributed by atoms with Gasteiger partial charge < -0.3 is 4.90 Å². The van der Waals surface area contributed by atoms with Crippen LogP contribution in [-0.4, -0.2) is 54.7 Å². The van der Waals surface area contributed by atoms with E-state index in [0.29, 0.717) is 22.1 Å². The number of carbonyl (C=O) groups is 1.